The van der Waals surface area contributed by atoms with Gasteiger partial charge in [-0.05, 0) is 41.1 Å². The van der Waals surface area contributed by atoms with E-state index in [4.69, 9.17) is 11.6 Å². The van der Waals surface area contributed by atoms with Crippen LogP contribution in [0.5, 0.6) is 0 Å². The van der Waals surface area contributed by atoms with Crippen LogP contribution in [-0.2, 0) is 11.8 Å². The van der Waals surface area contributed by atoms with E-state index in [0.29, 0.717) is 11.1 Å². The molecule has 1 fully saturated rings. The van der Waals surface area contributed by atoms with Gasteiger partial charge in [0.1, 0.15) is 11.0 Å². The largest absolute Gasteiger partial charge is 0.236 e. The van der Waals surface area contributed by atoms with Crippen LogP contribution in [0.3, 0.4) is 0 Å². The van der Waals surface area contributed by atoms with Gasteiger partial charge in [0, 0.05) is 5.41 Å². The first kappa shape index (κ1) is 12.3. The molecule has 1 aliphatic carbocycles. The fraction of sp³-hybridized carbons (Fsp3) is 0.667. The van der Waals surface area contributed by atoms with E-state index in [2.05, 4.69) is 46.7 Å². The Labute approximate surface area is 110 Å². The molecule has 1 heterocycles. The van der Waals surface area contributed by atoms with Crippen molar-refractivity contribution in [2.24, 2.45) is 5.92 Å². The molecular formula is C12H16BrClN2. The zero-order chi connectivity index (χ0) is 11.9. The predicted octanol–water partition coefficient (Wildman–Crippen LogP) is 4.14. The average Bonchev–Trinajstić information content (AvgIpc) is 2.92. The molecule has 0 spiro atoms. The van der Waals surface area contributed by atoms with Crippen molar-refractivity contribution in [3.05, 3.63) is 21.1 Å². The Morgan fingerprint density at radius 3 is 2.50 bits per heavy atom. The van der Waals surface area contributed by atoms with E-state index < -0.39 is 0 Å². The lowest BCUT2D eigenvalue weighted by Crippen LogP contribution is -2.11. The van der Waals surface area contributed by atoms with Crippen LogP contribution in [0.25, 0.3) is 0 Å². The minimum atomic E-state index is 0.177. The minimum absolute atomic E-state index is 0.177. The summed E-state index contributed by atoms with van der Waals surface area (Å²) in [7, 11) is 0. The normalized spacial score (nSPS) is 17.9. The Morgan fingerprint density at radius 1 is 1.38 bits per heavy atom. The fourth-order valence-electron chi connectivity index (χ4n) is 1.67. The van der Waals surface area contributed by atoms with Crippen LogP contribution >= 0.6 is 27.5 Å². The Hall–Kier alpha value is -0.150. The van der Waals surface area contributed by atoms with Gasteiger partial charge < -0.3 is 0 Å². The molecule has 0 aromatic carbocycles. The number of halogens is 2. The topological polar surface area (TPSA) is 25.8 Å². The molecule has 0 radical (unpaired) electrons. The maximum absolute atomic E-state index is 6.14. The maximum atomic E-state index is 6.14. The van der Waals surface area contributed by atoms with E-state index in [1.807, 2.05) is 0 Å². The van der Waals surface area contributed by atoms with Gasteiger partial charge in [0.2, 0.25) is 0 Å². The summed E-state index contributed by atoms with van der Waals surface area (Å²) in [6, 6.07) is 0. The molecule has 0 atom stereocenters. The smallest absolute Gasteiger partial charge is 0.147 e. The van der Waals surface area contributed by atoms with Crippen molar-refractivity contribution in [2.45, 2.75) is 45.4 Å². The van der Waals surface area contributed by atoms with Crippen molar-refractivity contribution in [2.75, 3.05) is 0 Å². The van der Waals surface area contributed by atoms with Crippen LogP contribution in [-0.4, -0.2) is 9.97 Å². The van der Waals surface area contributed by atoms with Gasteiger partial charge in [0.15, 0.2) is 0 Å². The van der Waals surface area contributed by atoms with E-state index in [1.54, 1.807) is 0 Å². The van der Waals surface area contributed by atoms with Gasteiger partial charge in [-0.3, -0.25) is 0 Å². The Kier molecular flexibility index (Phi) is 3.28. The second-order valence-electron chi connectivity index (χ2n) is 5.26. The lowest BCUT2D eigenvalue weighted by atomic mass is 10.1. The van der Waals surface area contributed by atoms with Crippen LogP contribution in [0, 0.1) is 5.92 Å². The van der Waals surface area contributed by atoms with E-state index in [1.165, 1.54) is 12.8 Å². The monoisotopic (exact) mass is 302 g/mol. The minimum Gasteiger partial charge on any atom is -0.236 e. The molecule has 0 bridgehead atoms. The maximum Gasteiger partial charge on any atom is 0.147 e. The third kappa shape index (κ3) is 2.40. The molecule has 1 aliphatic rings. The molecule has 2 rings (SSSR count). The molecule has 0 amide bonds. The van der Waals surface area contributed by atoms with Gasteiger partial charge in [0.05, 0.1) is 10.2 Å². The number of aromatic nitrogens is 2. The van der Waals surface area contributed by atoms with Crippen molar-refractivity contribution in [3.63, 3.8) is 0 Å². The number of nitrogens with zero attached hydrogens (tertiary/aromatic N) is 2. The van der Waals surface area contributed by atoms with E-state index in [0.717, 1.165) is 22.4 Å². The summed E-state index contributed by atoms with van der Waals surface area (Å²) >= 11 is 9.61. The van der Waals surface area contributed by atoms with Gasteiger partial charge in [-0.2, -0.15) is 0 Å². The standard InChI is InChI=1S/C12H16BrClN2/c1-7(2)6-8-9(13)10(14)16-11(15-8)12(3)4-5-12/h7H,4-6H2,1-3H3. The first-order chi connectivity index (χ1) is 7.42. The molecule has 1 aromatic heterocycles. The van der Waals surface area contributed by atoms with Crippen molar-refractivity contribution in [1.82, 2.24) is 9.97 Å². The average molecular weight is 304 g/mol. The van der Waals surface area contributed by atoms with Gasteiger partial charge in [-0.25, -0.2) is 9.97 Å². The van der Waals surface area contributed by atoms with Crippen LogP contribution in [0.2, 0.25) is 5.15 Å². The Balaban J connectivity index is 2.39. The van der Waals surface area contributed by atoms with Crippen LogP contribution < -0.4 is 0 Å². The molecule has 0 saturated heterocycles. The summed E-state index contributed by atoms with van der Waals surface area (Å²) in [5.74, 6) is 1.48. The summed E-state index contributed by atoms with van der Waals surface area (Å²) in [6.07, 6.45) is 3.28. The van der Waals surface area contributed by atoms with E-state index in [9.17, 15) is 0 Å². The Morgan fingerprint density at radius 2 is 2.00 bits per heavy atom. The molecule has 0 aliphatic heterocycles. The van der Waals surface area contributed by atoms with Crippen LogP contribution in [0.4, 0.5) is 0 Å². The van der Waals surface area contributed by atoms with E-state index in [-0.39, 0.29) is 5.41 Å². The summed E-state index contributed by atoms with van der Waals surface area (Å²) in [5.41, 5.74) is 1.22. The van der Waals surface area contributed by atoms with Gasteiger partial charge in [0.25, 0.3) is 0 Å². The molecule has 0 N–H and O–H groups in total. The van der Waals surface area contributed by atoms with Crippen LogP contribution in [0.15, 0.2) is 4.47 Å². The predicted molar refractivity (Wildman–Crippen MR) is 69.9 cm³/mol. The zero-order valence-electron chi connectivity index (χ0n) is 9.85. The lowest BCUT2D eigenvalue weighted by molar-refractivity contribution is 0.616. The molecule has 16 heavy (non-hydrogen) atoms. The molecule has 0 unspecified atom stereocenters. The first-order valence-electron chi connectivity index (χ1n) is 5.65. The highest BCUT2D eigenvalue weighted by atomic mass is 79.9. The molecule has 2 nitrogen and oxygen atoms in total. The number of hydrogen-bond acceptors (Lipinski definition) is 2. The molecule has 1 aromatic rings. The van der Waals surface area contributed by atoms with Crippen molar-refractivity contribution < 1.29 is 0 Å². The first-order valence-corrected chi connectivity index (χ1v) is 6.82. The molecule has 1 saturated carbocycles. The van der Waals surface area contributed by atoms with Gasteiger partial charge in [-0.1, -0.05) is 32.4 Å². The molecule has 88 valence electrons. The third-order valence-electron chi connectivity index (χ3n) is 3.02. The highest BCUT2D eigenvalue weighted by Crippen LogP contribution is 2.46. The Bertz CT molecular complexity index is 414. The zero-order valence-corrected chi connectivity index (χ0v) is 12.2. The summed E-state index contributed by atoms with van der Waals surface area (Å²) in [6.45, 7) is 6.56. The molecule has 4 heteroatoms. The molecular weight excluding hydrogens is 288 g/mol. The summed E-state index contributed by atoms with van der Waals surface area (Å²) in [4.78, 5) is 9.05. The second kappa shape index (κ2) is 4.26. The highest BCUT2D eigenvalue weighted by Gasteiger charge is 2.42. The quantitative estimate of drug-likeness (QED) is 0.784. The van der Waals surface area contributed by atoms with Gasteiger partial charge in [-0.15, -0.1) is 0 Å². The van der Waals surface area contributed by atoms with E-state index >= 15 is 0 Å². The SMILES string of the molecule is CC(C)Cc1nc(C2(C)CC2)nc(Cl)c1Br. The van der Waals surface area contributed by atoms with Crippen molar-refractivity contribution in [1.29, 1.82) is 0 Å². The number of rotatable bonds is 3. The second-order valence-corrected chi connectivity index (χ2v) is 6.41. The lowest BCUT2D eigenvalue weighted by Gasteiger charge is -2.13. The summed E-state index contributed by atoms with van der Waals surface area (Å²) < 4.78 is 0.857. The summed E-state index contributed by atoms with van der Waals surface area (Å²) in [5, 5.41) is 0.550. The fourth-order valence-corrected chi connectivity index (χ4v) is 2.19. The van der Waals surface area contributed by atoms with Gasteiger partial charge >= 0.3 is 0 Å². The third-order valence-corrected chi connectivity index (χ3v) is 4.36. The van der Waals surface area contributed by atoms with Crippen molar-refractivity contribution in [3.8, 4) is 0 Å². The van der Waals surface area contributed by atoms with Crippen molar-refractivity contribution >= 4 is 27.5 Å². The van der Waals surface area contributed by atoms with Crippen LogP contribution in [0.1, 0.15) is 45.1 Å². The highest BCUT2D eigenvalue weighted by molar-refractivity contribution is 9.10. The number of hydrogen-bond donors (Lipinski definition) is 0.